The van der Waals surface area contributed by atoms with Crippen molar-refractivity contribution in [3.63, 3.8) is 0 Å². The molecule has 0 N–H and O–H groups in total. The van der Waals surface area contributed by atoms with E-state index in [4.69, 9.17) is 0 Å². The van der Waals surface area contributed by atoms with Crippen LogP contribution in [0.5, 0.6) is 0 Å². The average molecular weight is 605 g/mol. The highest BCUT2D eigenvalue weighted by Gasteiger charge is 2.47. The highest BCUT2D eigenvalue weighted by Crippen LogP contribution is 2.60. The highest BCUT2D eigenvalue weighted by atomic mass is 32.1. The molecule has 1 aliphatic rings. The van der Waals surface area contributed by atoms with Gasteiger partial charge in [0.25, 0.3) is 0 Å². The van der Waals surface area contributed by atoms with Gasteiger partial charge in [-0.05, 0) is 66.7 Å². The van der Waals surface area contributed by atoms with Crippen molar-refractivity contribution in [2.24, 2.45) is 0 Å². The molecule has 8 aromatic carbocycles. The van der Waals surface area contributed by atoms with E-state index < -0.39 is 5.41 Å². The summed E-state index contributed by atoms with van der Waals surface area (Å²) in [4.78, 5) is 0. The molecular weight excluding hydrogens is 581 g/mol. The predicted octanol–water partition coefficient (Wildman–Crippen LogP) is 12.6. The second-order valence-corrected chi connectivity index (χ2v) is 14.4. The maximum Gasteiger partial charge on any atom is 0.0741 e. The van der Waals surface area contributed by atoms with Crippen LogP contribution in [0.25, 0.3) is 72.7 Å². The molecule has 208 valence electrons. The highest BCUT2D eigenvalue weighted by molar-refractivity contribution is 7.26. The zero-order valence-electron chi connectivity index (χ0n) is 24.2. The summed E-state index contributed by atoms with van der Waals surface area (Å²) in [7, 11) is 0. The zero-order valence-corrected chi connectivity index (χ0v) is 25.8. The van der Waals surface area contributed by atoms with Gasteiger partial charge in [-0.15, -0.1) is 22.7 Å². The maximum atomic E-state index is 2.43. The fraction of sp³-hybridized carbons (Fsp3) is 0.0233. The van der Waals surface area contributed by atoms with E-state index in [1.54, 1.807) is 0 Å². The predicted molar refractivity (Wildman–Crippen MR) is 197 cm³/mol. The molecule has 0 spiro atoms. The van der Waals surface area contributed by atoms with Gasteiger partial charge in [-0.2, -0.15) is 0 Å². The van der Waals surface area contributed by atoms with Crippen molar-refractivity contribution in [1.82, 2.24) is 0 Å². The summed E-state index contributed by atoms with van der Waals surface area (Å²) >= 11 is 3.89. The molecule has 11 rings (SSSR count). The molecule has 10 aromatic rings. The Kier molecular flexibility index (Phi) is 4.63. The molecule has 0 fully saturated rings. The Bertz CT molecular complexity index is 2670. The van der Waals surface area contributed by atoms with Gasteiger partial charge in [-0.25, -0.2) is 0 Å². The lowest BCUT2D eigenvalue weighted by atomic mass is 9.67. The first-order valence-electron chi connectivity index (χ1n) is 15.5. The largest absolute Gasteiger partial charge is 0.135 e. The lowest BCUT2D eigenvalue weighted by Gasteiger charge is -2.35. The van der Waals surface area contributed by atoms with Gasteiger partial charge in [0.15, 0.2) is 0 Å². The third kappa shape index (κ3) is 2.88. The number of hydrogen-bond donors (Lipinski definition) is 0. The quantitative estimate of drug-likeness (QED) is 0.172. The standard InChI is InChI=1S/C43H24S2/c1-2-12-26-25(11-1)29-15-7-19-33-39(29)40-30(26)16-8-20-34(40)43(33,35-21-9-17-31-27-13-3-5-23-37(27)44-41(31)35)36-22-10-18-32-28-14-4-6-24-38(28)45-42(32)36/h1-24H. The van der Waals surface area contributed by atoms with Crippen LogP contribution in [0.15, 0.2) is 146 Å². The first kappa shape index (κ1) is 24.3. The van der Waals surface area contributed by atoms with Crippen molar-refractivity contribution < 1.29 is 0 Å². The van der Waals surface area contributed by atoms with Crippen molar-refractivity contribution in [3.8, 4) is 0 Å². The molecule has 0 aliphatic heterocycles. The third-order valence-electron chi connectivity index (χ3n) is 10.3. The average Bonchev–Trinajstić information content (AvgIpc) is 3.77. The fourth-order valence-electron chi connectivity index (χ4n) is 8.63. The zero-order chi connectivity index (χ0) is 29.3. The third-order valence-corrected chi connectivity index (χ3v) is 12.8. The summed E-state index contributed by atoms with van der Waals surface area (Å²) in [6.45, 7) is 0. The summed E-state index contributed by atoms with van der Waals surface area (Å²) in [5.41, 5.74) is 5.07. The summed E-state index contributed by atoms with van der Waals surface area (Å²) in [5.74, 6) is 0. The van der Waals surface area contributed by atoms with Crippen molar-refractivity contribution in [2.75, 3.05) is 0 Å². The minimum absolute atomic E-state index is 0.487. The topological polar surface area (TPSA) is 0 Å². The van der Waals surface area contributed by atoms with Gasteiger partial charge in [-0.3, -0.25) is 0 Å². The van der Waals surface area contributed by atoms with E-state index in [-0.39, 0.29) is 0 Å². The number of benzene rings is 8. The van der Waals surface area contributed by atoms with Gasteiger partial charge < -0.3 is 0 Å². The minimum atomic E-state index is -0.487. The van der Waals surface area contributed by atoms with Crippen LogP contribution >= 0.6 is 22.7 Å². The second-order valence-electron chi connectivity index (χ2n) is 12.3. The van der Waals surface area contributed by atoms with Crippen molar-refractivity contribution in [1.29, 1.82) is 0 Å². The Hall–Kier alpha value is -5.02. The first-order valence-corrected chi connectivity index (χ1v) is 17.2. The Balaban J connectivity index is 1.43. The van der Waals surface area contributed by atoms with E-state index in [0.717, 1.165) is 0 Å². The summed E-state index contributed by atoms with van der Waals surface area (Å²) in [6, 6.07) is 55.0. The Morgan fingerprint density at radius 1 is 0.289 bits per heavy atom. The van der Waals surface area contributed by atoms with Gasteiger partial charge >= 0.3 is 0 Å². The normalized spacial score (nSPS) is 14.0. The molecule has 0 radical (unpaired) electrons. The van der Waals surface area contributed by atoms with Crippen LogP contribution in [-0.4, -0.2) is 0 Å². The molecule has 2 aromatic heterocycles. The van der Waals surface area contributed by atoms with E-state index >= 15 is 0 Å². The lowest BCUT2D eigenvalue weighted by Crippen LogP contribution is -2.29. The van der Waals surface area contributed by atoms with E-state index in [9.17, 15) is 0 Å². The molecule has 0 unspecified atom stereocenters. The Labute approximate surface area is 267 Å². The summed E-state index contributed by atoms with van der Waals surface area (Å²) in [6.07, 6.45) is 0. The van der Waals surface area contributed by atoms with Gasteiger partial charge in [0.1, 0.15) is 0 Å². The van der Waals surface area contributed by atoms with Crippen molar-refractivity contribution in [3.05, 3.63) is 168 Å². The first-order chi connectivity index (χ1) is 22.3. The molecule has 2 heteroatoms. The van der Waals surface area contributed by atoms with Crippen LogP contribution in [0.2, 0.25) is 0 Å². The molecule has 0 saturated heterocycles. The molecule has 0 bridgehead atoms. The molecule has 0 atom stereocenters. The smallest absolute Gasteiger partial charge is 0.0741 e. The van der Waals surface area contributed by atoms with E-state index in [1.807, 2.05) is 22.7 Å². The summed E-state index contributed by atoms with van der Waals surface area (Å²) in [5, 5.41) is 13.5. The number of thiophene rings is 2. The monoisotopic (exact) mass is 604 g/mol. The molecule has 0 nitrogen and oxygen atoms in total. The maximum absolute atomic E-state index is 2.43. The minimum Gasteiger partial charge on any atom is -0.135 e. The van der Waals surface area contributed by atoms with Crippen LogP contribution < -0.4 is 0 Å². The van der Waals surface area contributed by atoms with E-state index in [0.29, 0.717) is 0 Å². The fourth-order valence-corrected chi connectivity index (χ4v) is 11.2. The molecule has 1 aliphatic carbocycles. The van der Waals surface area contributed by atoms with Crippen LogP contribution in [0.4, 0.5) is 0 Å². The van der Waals surface area contributed by atoms with E-state index in [1.165, 1.54) is 94.9 Å². The molecular formula is C43H24S2. The molecule has 0 saturated carbocycles. The van der Waals surface area contributed by atoms with Gasteiger partial charge in [0, 0.05) is 40.3 Å². The van der Waals surface area contributed by atoms with Gasteiger partial charge in [-0.1, -0.05) is 133 Å². The van der Waals surface area contributed by atoms with Crippen molar-refractivity contribution >= 4 is 95.3 Å². The number of hydrogen-bond acceptors (Lipinski definition) is 2. The van der Waals surface area contributed by atoms with Crippen LogP contribution in [-0.2, 0) is 5.41 Å². The number of fused-ring (bicyclic) bond motifs is 9. The van der Waals surface area contributed by atoms with Crippen LogP contribution in [0.3, 0.4) is 0 Å². The van der Waals surface area contributed by atoms with Crippen LogP contribution in [0.1, 0.15) is 22.3 Å². The van der Waals surface area contributed by atoms with Crippen LogP contribution in [0, 0.1) is 0 Å². The molecule has 2 heterocycles. The van der Waals surface area contributed by atoms with E-state index in [2.05, 4.69) is 146 Å². The van der Waals surface area contributed by atoms with Gasteiger partial charge in [0.05, 0.1) is 5.41 Å². The second kappa shape index (κ2) is 8.57. The molecule has 45 heavy (non-hydrogen) atoms. The Morgan fingerprint density at radius 2 is 0.644 bits per heavy atom. The lowest BCUT2D eigenvalue weighted by molar-refractivity contribution is 0.790. The number of rotatable bonds is 2. The SMILES string of the molecule is c1ccc2c(c1)sc1c(C3(c4cccc5c4sc4ccccc45)c4cccc5c6ccccc6c6cccc3c6c45)cccc12. The van der Waals surface area contributed by atoms with Crippen molar-refractivity contribution in [2.45, 2.75) is 5.41 Å². The molecule has 0 amide bonds. The van der Waals surface area contributed by atoms with Gasteiger partial charge in [0.2, 0.25) is 0 Å². The summed E-state index contributed by atoms with van der Waals surface area (Å²) < 4.78 is 5.44. The Morgan fingerprint density at radius 3 is 1.11 bits per heavy atom.